The molecule has 0 unspecified atom stereocenters. The number of imide groups is 1. The summed E-state index contributed by atoms with van der Waals surface area (Å²) in [6, 6.07) is 12.5. The molecular weight excluding hydrogens is 416 g/mol. The van der Waals surface area contributed by atoms with Crippen LogP contribution in [0.15, 0.2) is 57.7 Å². The summed E-state index contributed by atoms with van der Waals surface area (Å²) in [5.74, 6) is -0.897. The number of carbonyl (C=O) groups excluding carboxylic acids is 3. The third-order valence-electron chi connectivity index (χ3n) is 4.63. The normalized spacial score (nSPS) is 11.5. The highest BCUT2D eigenvalue weighted by Crippen LogP contribution is 2.23. The fourth-order valence-electron chi connectivity index (χ4n) is 2.86. The lowest BCUT2D eigenvalue weighted by molar-refractivity contribution is -0.127. The summed E-state index contributed by atoms with van der Waals surface area (Å²) in [5, 5.41) is 5.11. The molecule has 9 nitrogen and oxygen atoms in total. The van der Waals surface area contributed by atoms with E-state index in [1.807, 2.05) is 18.3 Å². The quantitative estimate of drug-likeness (QED) is 0.448. The highest BCUT2D eigenvalue weighted by molar-refractivity contribution is 5.98. The standard InChI is InChI=1S/C23H22N2O7/c1-13-10-20(26)32-19-11-17(8-9-18(13)19)30-12-15-4-6-16(7-5-15)22(28)31-14(2)21(27)25-23(29)24-3/h4-11,14H,12H2,1-3H3,(H2,24,25,27,29)/t14-/m0/s1. The van der Waals surface area contributed by atoms with Gasteiger partial charge in [-0.3, -0.25) is 10.1 Å². The van der Waals surface area contributed by atoms with Crippen LogP contribution in [-0.4, -0.2) is 31.1 Å². The van der Waals surface area contributed by atoms with Gasteiger partial charge in [0.05, 0.1) is 5.56 Å². The van der Waals surface area contributed by atoms with Gasteiger partial charge in [-0.15, -0.1) is 0 Å². The van der Waals surface area contributed by atoms with E-state index in [0.29, 0.717) is 11.3 Å². The first-order chi connectivity index (χ1) is 15.3. The SMILES string of the molecule is CNC(=O)NC(=O)[C@H](C)OC(=O)c1ccc(COc2ccc3c(C)cc(=O)oc3c2)cc1. The lowest BCUT2D eigenvalue weighted by Crippen LogP contribution is -2.43. The Kier molecular flexibility index (Phi) is 6.89. The molecule has 2 N–H and O–H groups in total. The molecule has 9 heteroatoms. The van der Waals surface area contributed by atoms with E-state index in [1.165, 1.54) is 20.0 Å². The van der Waals surface area contributed by atoms with Crippen molar-refractivity contribution in [3.05, 3.63) is 75.6 Å². The molecule has 0 saturated carbocycles. The first kappa shape index (κ1) is 22.5. The van der Waals surface area contributed by atoms with Gasteiger partial charge >= 0.3 is 17.6 Å². The van der Waals surface area contributed by atoms with Gasteiger partial charge in [0.25, 0.3) is 5.91 Å². The van der Waals surface area contributed by atoms with E-state index in [9.17, 15) is 19.2 Å². The van der Waals surface area contributed by atoms with E-state index in [0.717, 1.165) is 16.5 Å². The Hall–Kier alpha value is -4.14. The molecule has 3 amide bonds. The minimum Gasteiger partial charge on any atom is -0.489 e. The fourth-order valence-corrected chi connectivity index (χ4v) is 2.86. The molecule has 0 bridgehead atoms. The minimum atomic E-state index is -1.14. The monoisotopic (exact) mass is 438 g/mol. The van der Waals surface area contributed by atoms with Gasteiger partial charge in [-0.1, -0.05) is 12.1 Å². The number of fused-ring (bicyclic) bond motifs is 1. The highest BCUT2D eigenvalue weighted by Gasteiger charge is 2.20. The minimum absolute atomic E-state index is 0.224. The van der Waals surface area contributed by atoms with Crippen LogP contribution >= 0.6 is 0 Å². The van der Waals surface area contributed by atoms with Crippen molar-refractivity contribution >= 4 is 28.9 Å². The molecule has 3 rings (SSSR count). The van der Waals surface area contributed by atoms with Crippen LogP contribution in [-0.2, 0) is 16.1 Å². The lowest BCUT2D eigenvalue weighted by atomic mass is 10.1. The second-order valence-electron chi connectivity index (χ2n) is 7.01. The van der Waals surface area contributed by atoms with Crippen LogP contribution in [0.3, 0.4) is 0 Å². The topological polar surface area (TPSA) is 124 Å². The number of hydrogen-bond acceptors (Lipinski definition) is 7. The molecule has 0 radical (unpaired) electrons. The molecule has 0 saturated heterocycles. The second kappa shape index (κ2) is 9.78. The largest absolute Gasteiger partial charge is 0.489 e. The molecule has 32 heavy (non-hydrogen) atoms. The maximum Gasteiger partial charge on any atom is 0.338 e. The van der Waals surface area contributed by atoms with Crippen molar-refractivity contribution in [2.75, 3.05) is 7.05 Å². The van der Waals surface area contributed by atoms with Crippen molar-refractivity contribution in [3.8, 4) is 5.75 Å². The number of amides is 3. The Bertz CT molecular complexity index is 1220. The molecule has 1 heterocycles. The summed E-state index contributed by atoms with van der Waals surface area (Å²) in [6.45, 7) is 3.43. The molecule has 0 spiro atoms. The van der Waals surface area contributed by atoms with Gasteiger partial charge in [-0.05, 0) is 49.2 Å². The average molecular weight is 438 g/mol. The molecule has 3 aromatic rings. The Morgan fingerprint density at radius 2 is 1.78 bits per heavy atom. The number of urea groups is 1. The molecular formula is C23H22N2O7. The van der Waals surface area contributed by atoms with Gasteiger partial charge in [0.1, 0.15) is 17.9 Å². The molecule has 2 aromatic carbocycles. The summed E-state index contributed by atoms with van der Waals surface area (Å²) >= 11 is 0. The number of aryl methyl sites for hydroxylation is 1. The number of hydrogen-bond donors (Lipinski definition) is 2. The van der Waals surface area contributed by atoms with Crippen molar-refractivity contribution in [1.82, 2.24) is 10.6 Å². The van der Waals surface area contributed by atoms with Gasteiger partial charge in [0, 0.05) is 24.6 Å². The molecule has 166 valence electrons. The van der Waals surface area contributed by atoms with Gasteiger partial charge in [-0.2, -0.15) is 0 Å². The Morgan fingerprint density at radius 1 is 1.06 bits per heavy atom. The maximum absolute atomic E-state index is 12.2. The first-order valence-electron chi connectivity index (χ1n) is 9.76. The summed E-state index contributed by atoms with van der Waals surface area (Å²) in [6.07, 6.45) is -1.14. The van der Waals surface area contributed by atoms with E-state index in [1.54, 1.807) is 36.4 Å². The molecule has 0 aliphatic carbocycles. The van der Waals surface area contributed by atoms with Crippen molar-refractivity contribution in [1.29, 1.82) is 0 Å². The zero-order valence-electron chi connectivity index (χ0n) is 17.8. The highest BCUT2D eigenvalue weighted by atomic mass is 16.5. The van der Waals surface area contributed by atoms with Crippen molar-refractivity contribution < 1.29 is 28.3 Å². The number of rotatable bonds is 6. The lowest BCUT2D eigenvalue weighted by Gasteiger charge is -2.13. The Labute approximate surface area is 183 Å². The molecule has 0 aliphatic rings. The van der Waals surface area contributed by atoms with E-state index >= 15 is 0 Å². The number of ether oxygens (including phenoxy) is 2. The van der Waals surface area contributed by atoms with E-state index in [4.69, 9.17) is 13.9 Å². The van der Waals surface area contributed by atoms with Crippen LogP contribution in [0.25, 0.3) is 11.0 Å². The van der Waals surface area contributed by atoms with E-state index in [2.05, 4.69) is 5.32 Å². The van der Waals surface area contributed by atoms with Gasteiger partial charge in [-0.25, -0.2) is 14.4 Å². The number of esters is 1. The zero-order chi connectivity index (χ0) is 23.3. The Morgan fingerprint density at radius 3 is 2.47 bits per heavy atom. The average Bonchev–Trinajstić information content (AvgIpc) is 2.77. The van der Waals surface area contributed by atoms with E-state index in [-0.39, 0.29) is 12.2 Å². The predicted molar refractivity (Wildman–Crippen MR) is 115 cm³/mol. The smallest absolute Gasteiger partial charge is 0.338 e. The van der Waals surface area contributed by atoms with Crippen molar-refractivity contribution in [2.24, 2.45) is 0 Å². The van der Waals surface area contributed by atoms with Crippen LogP contribution in [0.5, 0.6) is 5.75 Å². The summed E-state index contributed by atoms with van der Waals surface area (Å²) in [5.41, 5.74) is 1.88. The predicted octanol–water partition coefficient (Wildman–Crippen LogP) is 2.68. The molecule has 0 fully saturated rings. The summed E-state index contributed by atoms with van der Waals surface area (Å²) in [7, 11) is 1.36. The zero-order valence-corrected chi connectivity index (χ0v) is 17.8. The number of nitrogens with one attached hydrogen (secondary N) is 2. The van der Waals surface area contributed by atoms with Crippen LogP contribution in [0, 0.1) is 6.92 Å². The maximum atomic E-state index is 12.2. The van der Waals surface area contributed by atoms with Crippen LogP contribution in [0.1, 0.15) is 28.4 Å². The third kappa shape index (κ3) is 5.51. The Balaban J connectivity index is 1.59. The van der Waals surface area contributed by atoms with Crippen molar-refractivity contribution in [3.63, 3.8) is 0 Å². The molecule has 1 aromatic heterocycles. The summed E-state index contributed by atoms with van der Waals surface area (Å²) < 4.78 is 16.0. The summed E-state index contributed by atoms with van der Waals surface area (Å²) in [4.78, 5) is 46.7. The fraction of sp³-hybridized carbons (Fsp3) is 0.217. The van der Waals surface area contributed by atoms with Gasteiger partial charge in [0.15, 0.2) is 6.10 Å². The van der Waals surface area contributed by atoms with Gasteiger partial charge in [0.2, 0.25) is 0 Å². The molecule has 0 aliphatic heterocycles. The van der Waals surface area contributed by atoms with E-state index < -0.39 is 29.6 Å². The van der Waals surface area contributed by atoms with Crippen molar-refractivity contribution in [2.45, 2.75) is 26.6 Å². The number of carbonyl (C=O) groups is 3. The molecule has 1 atom stereocenters. The second-order valence-corrected chi connectivity index (χ2v) is 7.01. The van der Waals surface area contributed by atoms with Crippen LogP contribution in [0.4, 0.5) is 4.79 Å². The van der Waals surface area contributed by atoms with Gasteiger partial charge < -0.3 is 19.2 Å². The van der Waals surface area contributed by atoms with Crippen LogP contribution in [0.2, 0.25) is 0 Å². The first-order valence-corrected chi connectivity index (χ1v) is 9.76. The van der Waals surface area contributed by atoms with Crippen LogP contribution < -0.4 is 21.0 Å². The number of benzene rings is 2. The third-order valence-corrected chi connectivity index (χ3v) is 4.63.